The van der Waals surface area contributed by atoms with Crippen molar-refractivity contribution in [1.29, 1.82) is 0 Å². The first-order chi connectivity index (χ1) is 6.19. The summed E-state index contributed by atoms with van der Waals surface area (Å²) >= 11 is 10.5. The number of rotatable bonds is 2. The van der Waals surface area contributed by atoms with Crippen LogP contribution >= 0.6 is 23.5 Å². The SMILES string of the molecule is COc1ccc(C(=O)OCl)nc1Cl. The van der Waals surface area contributed by atoms with Gasteiger partial charge in [0.05, 0.1) is 7.11 Å². The maximum absolute atomic E-state index is 10.8. The summed E-state index contributed by atoms with van der Waals surface area (Å²) in [5.41, 5.74) is 0.0285. The average molecular weight is 222 g/mol. The van der Waals surface area contributed by atoms with Crippen molar-refractivity contribution >= 4 is 29.4 Å². The molecule has 6 heteroatoms. The number of methoxy groups -OCH3 is 1. The van der Waals surface area contributed by atoms with Gasteiger partial charge in [-0.1, -0.05) is 11.6 Å². The number of hydrogen-bond donors (Lipinski definition) is 0. The van der Waals surface area contributed by atoms with Gasteiger partial charge in [-0.05, 0) is 12.1 Å². The van der Waals surface area contributed by atoms with E-state index >= 15 is 0 Å². The van der Waals surface area contributed by atoms with Gasteiger partial charge in [-0.15, -0.1) is 0 Å². The van der Waals surface area contributed by atoms with Crippen molar-refractivity contribution in [3.8, 4) is 5.75 Å². The third kappa shape index (κ3) is 2.23. The molecule has 1 heterocycles. The van der Waals surface area contributed by atoms with Crippen LogP contribution in [0.1, 0.15) is 10.5 Å². The van der Waals surface area contributed by atoms with Gasteiger partial charge in [-0.25, -0.2) is 9.78 Å². The van der Waals surface area contributed by atoms with Gasteiger partial charge < -0.3 is 9.03 Å². The molecule has 0 fully saturated rings. The van der Waals surface area contributed by atoms with Gasteiger partial charge in [0, 0.05) is 0 Å². The van der Waals surface area contributed by atoms with Crippen LogP contribution < -0.4 is 4.74 Å². The lowest BCUT2D eigenvalue weighted by molar-refractivity contribution is 0.0745. The zero-order valence-electron chi connectivity index (χ0n) is 6.58. The molecule has 0 unspecified atom stereocenters. The van der Waals surface area contributed by atoms with E-state index in [4.69, 9.17) is 28.2 Å². The molecular weight excluding hydrogens is 217 g/mol. The van der Waals surface area contributed by atoms with E-state index in [0.29, 0.717) is 5.75 Å². The molecule has 1 aromatic heterocycles. The molecule has 0 amide bonds. The summed E-state index contributed by atoms with van der Waals surface area (Å²) in [6, 6.07) is 2.90. The Morgan fingerprint density at radius 3 is 2.69 bits per heavy atom. The maximum atomic E-state index is 10.8. The molecule has 0 radical (unpaired) electrons. The number of pyridine rings is 1. The summed E-state index contributed by atoms with van der Waals surface area (Å²) in [4.78, 5) is 14.5. The molecule has 70 valence electrons. The van der Waals surface area contributed by atoms with Crippen molar-refractivity contribution in [3.63, 3.8) is 0 Å². The molecule has 13 heavy (non-hydrogen) atoms. The minimum Gasteiger partial charge on any atom is -0.494 e. The first kappa shape index (κ1) is 10.1. The van der Waals surface area contributed by atoms with Crippen LogP contribution in [0.2, 0.25) is 5.15 Å². The Hall–Kier alpha value is -1.00. The van der Waals surface area contributed by atoms with E-state index in [-0.39, 0.29) is 10.8 Å². The summed E-state index contributed by atoms with van der Waals surface area (Å²) in [7, 11) is 1.45. The highest BCUT2D eigenvalue weighted by Gasteiger charge is 2.11. The van der Waals surface area contributed by atoms with Crippen LogP contribution in [0.4, 0.5) is 0 Å². The number of carbonyl (C=O) groups is 1. The highest BCUT2D eigenvalue weighted by molar-refractivity contribution is 6.31. The van der Waals surface area contributed by atoms with E-state index in [2.05, 4.69) is 9.27 Å². The Morgan fingerprint density at radius 1 is 1.54 bits per heavy atom. The zero-order chi connectivity index (χ0) is 9.84. The Morgan fingerprint density at radius 2 is 2.23 bits per heavy atom. The molecule has 0 saturated heterocycles. The first-order valence-electron chi connectivity index (χ1n) is 3.22. The first-order valence-corrected chi connectivity index (χ1v) is 3.91. The van der Waals surface area contributed by atoms with Crippen LogP contribution in [0.5, 0.6) is 5.75 Å². The molecule has 0 saturated carbocycles. The van der Waals surface area contributed by atoms with Gasteiger partial charge in [-0.3, -0.25) is 0 Å². The van der Waals surface area contributed by atoms with Gasteiger partial charge in [0.1, 0.15) is 11.9 Å². The van der Waals surface area contributed by atoms with Crippen molar-refractivity contribution < 1.29 is 13.8 Å². The molecule has 0 aromatic carbocycles. The van der Waals surface area contributed by atoms with Crippen molar-refractivity contribution in [2.45, 2.75) is 0 Å². The largest absolute Gasteiger partial charge is 0.494 e. The van der Waals surface area contributed by atoms with E-state index in [1.165, 1.54) is 19.2 Å². The van der Waals surface area contributed by atoms with Crippen molar-refractivity contribution in [2.24, 2.45) is 0 Å². The van der Waals surface area contributed by atoms with Crippen LogP contribution in [0.15, 0.2) is 12.1 Å². The predicted octanol–water partition coefficient (Wildman–Crippen LogP) is 2.05. The van der Waals surface area contributed by atoms with Gasteiger partial charge in [0.25, 0.3) is 0 Å². The van der Waals surface area contributed by atoms with Crippen molar-refractivity contribution in [2.75, 3.05) is 7.11 Å². The molecule has 0 N–H and O–H groups in total. The number of hydrogen-bond acceptors (Lipinski definition) is 4. The standard InChI is InChI=1S/C7H5Cl2NO3/c1-12-5-3-2-4(7(11)13-9)10-6(5)8/h2-3H,1H3. The molecular formula is C7H5Cl2NO3. The van der Waals surface area contributed by atoms with Gasteiger partial charge in [0.15, 0.2) is 16.6 Å². The second kappa shape index (κ2) is 4.30. The molecule has 0 bridgehead atoms. The molecule has 1 aromatic rings. The van der Waals surface area contributed by atoms with E-state index in [1.54, 1.807) is 0 Å². The fourth-order valence-electron chi connectivity index (χ4n) is 0.727. The molecule has 0 aliphatic rings. The van der Waals surface area contributed by atoms with Crippen molar-refractivity contribution in [1.82, 2.24) is 4.98 Å². The van der Waals surface area contributed by atoms with Gasteiger partial charge in [0.2, 0.25) is 0 Å². The van der Waals surface area contributed by atoms with Crippen LogP contribution in [0.25, 0.3) is 0 Å². The maximum Gasteiger partial charge on any atom is 0.375 e. The number of aromatic nitrogens is 1. The third-order valence-corrected chi connectivity index (χ3v) is 1.72. The molecule has 1 rings (SSSR count). The van der Waals surface area contributed by atoms with Crippen LogP contribution in [0.3, 0.4) is 0 Å². The number of ether oxygens (including phenoxy) is 1. The van der Waals surface area contributed by atoms with E-state index in [9.17, 15) is 4.79 Å². The van der Waals surface area contributed by atoms with Crippen LogP contribution in [-0.4, -0.2) is 18.1 Å². The lowest BCUT2D eigenvalue weighted by atomic mass is 10.3. The lowest BCUT2D eigenvalue weighted by Gasteiger charge is -2.02. The summed E-state index contributed by atoms with van der Waals surface area (Å²) in [6.45, 7) is 0. The number of halogens is 2. The molecule has 0 aliphatic carbocycles. The third-order valence-electron chi connectivity index (χ3n) is 1.31. The molecule has 0 spiro atoms. The van der Waals surface area contributed by atoms with E-state index < -0.39 is 5.97 Å². The topological polar surface area (TPSA) is 48.4 Å². The van der Waals surface area contributed by atoms with Crippen LogP contribution in [0, 0.1) is 0 Å². The molecule has 0 atom stereocenters. The second-order valence-corrected chi connectivity index (χ2v) is 2.57. The second-order valence-electron chi connectivity index (χ2n) is 2.05. The summed E-state index contributed by atoms with van der Waals surface area (Å²) in [5, 5.41) is 0.0852. The van der Waals surface area contributed by atoms with Crippen molar-refractivity contribution in [3.05, 3.63) is 23.0 Å². The molecule has 0 aliphatic heterocycles. The quantitative estimate of drug-likeness (QED) is 0.718. The Labute approximate surface area is 84.5 Å². The predicted molar refractivity (Wildman–Crippen MR) is 47.1 cm³/mol. The highest BCUT2D eigenvalue weighted by atomic mass is 35.5. The average Bonchev–Trinajstić information content (AvgIpc) is 2.16. The van der Waals surface area contributed by atoms with Gasteiger partial charge >= 0.3 is 5.97 Å². The Balaban J connectivity index is 3.02. The monoisotopic (exact) mass is 221 g/mol. The Kier molecular flexibility index (Phi) is 3.33. The van der Waals surface area contributed by atoms with E-state index in [1.807, 2.05) is 0 Å². The smallest absolute Gasteiger partial charge is 0.375 e. The summed E-state index contributed by atoms with van der Waals surface area (Å²) in [6.07, 6.45) is 0. The van der Waals surface area contributed by atoms with E-state index in [0.717, 1.165) is 0 Å². The fraction of sp³-hybridized carbons (Fsp3) is 0.143. The number of nitrogens with zero attached hydrogens (tertiary/aromatic N) is 1. The Bertz CT molecular complexity index is 330. The minimum atomic E-state index is -0.758. The lowest BCUT2D eigenvalue weighted by Crippen LogP contribution is -2.02. The van der Waals surface area contributed by atoms with Gasteiger partial charge in [-0.2, -0.15) is 0 Å². The van der Waals surface area contributed by atoms with Crippen LogP contribution in [-0.2, 0) is 4.29 Å². The minimum absolute atomic E-state index is 0.0285. The molecule has 4 nitrogen and oxygen atoms in total. The summed E-state index contributed by atoms with van der Waals surface area (Å²) in [5.74, 6) is -0.376. The number of carbonyl (C=O) groups excluding carboxylic acids is 1. The zero-order valence-corrected chi connectivity index (χ0v) is 8.09. The highest BCUT2D eigenvalue weighted by Crippen LogP contribution is 2.21. The summed E-state index contributed by atoms with van der Waals surface area (Å²) < 4.78 is 8.77. The normalized spacial score (nSPS) is 9.46. The fourth-order valence-corrected chi connectivity index (χ4v) is 1.04.